The quantitative estimate of drug-likeness (QED) is 0.620. The van der Waals surface area contributed by atoms with Crippen molar-refractivity contribution >= 4 is 5.91 Å². The van der Waals surface area contributed by atoms with E-state index >= 15 is 0 Å². The molecule has 0 saturated heterocycles. The minimum absolute atomic E-state index is 0.0246. The standard InChI is InChI=1S/C12H25N3O/c1-10(8-13)11(16)15-9-12(14)6-4-2-3-5-7-12/h10H,2-9,13-14H2,1H3,(H,15,16). The molecule has 0 aromatic heterocycles. The molecule has 0 heterocycles. The highest BCUT2D eigenvalue weighted by Crippen LogP contribution is 2.24. The van der Waals surface area contributed by atoms with Gasteiger partial charge >= 0.3 is 0 Å². The topological polar surface area (TPSA) is 81.1 Å². The van der Waals surface area contributed by atoms with Crippen molar-refractivity contribution in [2.45, 2.75) is 51.0 Å². The highest BCUT2D eigenvalue weighted by Gasteiger charge is 2.27. The number of hydrogen-bond acceptors (Lipinski definition) is 3. The largest absolute Gasteiger partial charge is 0.354 e. The SMILES string of the molecule is CC(CN)C(=O)NCC1(N)CCCCCC1. The highest BCUT2D eigenvalue weighted by molar-refractivity contribution is 5.78. The molecule has 1 saturated carbocycles. The van der Waals surface area contributed by atoms with Crippen LogP contribution in [0, 0.1) is 5.92 Å². The molecule has 1 aliphatic carbocycles. The second-order valence-corrected chi connectivity index (χ2v) is 5.13. The van der Waals surface area contributed by atoms with Crippen LogP contribution < -0.4 is 16.8 Å². The van der Waals surface area contributed by atoms with E-state index in [9.17, 15) is 4.79 Å². The van der Waals surface area contributed by atoms with Crippen LogP contribution in [0.1, 0.15) is 45.4 Å². The van der Waals surface area contributed by atoms with Crippen LogP contribution in [0.15, 0.2) is 0 Å². The predicted molar refractivity (Wildman–Crippen MR) is 65.8 cm³/mol. The number of carbonyl (C=O) groups is 1. The van der Waals surface area contributed by atoms with Crippen molar-refractivity contribution in [2.24, 2.45) is 17.4 Å². The molecule has 0 aliphatic heterocycles. The Balaban J connectivity index is 2.37. The molecule has 4 nitrogen and oxygen atoms in total. The monoisotopic (exact) mass is 227 g/mol. The number of nitrogens with one attached hydrogen (secondary N) is 1. The van der Waals surface area contributed by atoms with Gasteiger partial charge in [-0.3, -0.25) is 4.79 Å². The summed E-state index contributed by atoms with van der Waals surface area (Å²) in [7, 11) is 0. The maximum atomic E-state index is 11.6. The van der Waals surface area contributed by atoms with E-state index in [1.807, 2.05) is 6.92 Å². The van der Waals surface area contributed by atoms with Crippen LogP contribution in [0.2, 0.25) is 0 Å². The maximum Gasteiger partial charge on any atom is 0.224 e. The molecule has 1 unspecified atom stereocenters. The number of nitrogens with two attached hydrogens (primary N) is 2. The highest BCUT2D eigenvalue weighted by atomic mass is 16.1. The Morgan fingerprint density at radius 2 is 1.88 bits per heavy atom. The third-order valence-corrected chi connectivity index (χ3v) is 3.52. The normalized spacial score (nSPS) is 22.2. The third-order valence-electron chi connectivity index (χ3n) is 3.52. The van der Waals surface area contributed by atoms with Crippen LogP contribution in [-0.2, 0) is 4.79 Å². The summed E-state index contributed by atoms with van der Waals surface area (Å²) in [5.74, 6) is -0.0917. The van der Waals surface area contributed by atoms with Gasteiger partial charge in [0.2, 0.25) is 5.91 Å². The molecular formula is C12H25N3O. The van der Waals surface area contributed by atoms with Crippen molar-refractivity contribution in [3.8, 4) is 0 Å². The van der Waals surface area contributed by atoms with Gasteiger partial charge in [-0.2, -0.15) is 0 Å². The van der Waals surface area contributed by atoms with Gasteiger partial charge in [-0.25, -0.2) is 0 Å². The minimum Gasteiger partial charge on any atom is -0.354 e. The molecule has 0 aromatic rings. The number of rotatable bonds is 4. The second kappa shape index (κ2) is 6.21. The van der Waals surface area contributed by atoms with Crippen LogP contribution in [-0.4, -0.2) is 24.5 Å². The van der Waals surface area contributed by atoms with Crippen LogP contribution >= 0.6 is 0 Å². The van der Waals surface area contributed by atoms with E-state index in [0.29, 0.717) is 13.1 Å². The van der Waals surface area contributed by atoms with E-state index in [1.54, 1.807) is 0 Å². The van der Waals surface area contributed by atoms with Crippen molar-refractivity contribution in [2.75, 3.05) is 13.1 Å². The van der Waals surface area contributed by atoms with E-state index < -0.39 is 0 Å². The summed E-state index contributed by atoms with van der Waals surface area (Å²) in [5.41, 5.74) is 11.6. The molecule has 1 aliphatic rings. The van der Waals surface area contributed by atoms with Gasteiger partial charge in [-0.05, 0) is 12.8 Å². The van der Waals surface area contributed by atoms with Gasteiger partial charge in [0.05, 0.1) is 0 Å². The first kappa shape index (κ1) is 13.5. The molecule has 0 spiro atoms. The Morgan fingerprint density at radius 1 is 1.31 bits per heavy atom. The van der Waals surface area contributed by atoms with Crippen molar-refractivity contribution in [3.05, 3.63) is 0 Å². The zero-order chi connectivity index (χ0) is 12.0. The van der Waals surface area contributed by atoms with Gasteiger partial charge in [0, 0.05) is 24.5 Å². The summed E-state index contributed by atoms with van der Waals surface area (Å²) in [4.78, 5) is 11.6. The van der Waals surface area contributed by atoms with E-state index in [0.717, 1.165) is 12.8 Å². The Kier molecular flexibility index (Phi) is 5.22. The van der Waals surface area contributed by atoms with Gasteiger partial charge in [-0.1, -0.05) is 32.6 Å². The van der Waals surface area contributed by atoms with Crippen LogP contribution in [0.25, 0.3) is 0 Å². The first-order valence-corrected chi connectivity index (χ1v) is 6.34. The summed E-state index contributed by atoms with van der Waals surface area (Å²) in [6.07, 6.45) is 6.93. The summed E-state index contributed by atoms with van der Waals surface area (Å²) >= 11 is 0. The second-order valence-electron chi connectivity index (χ2n) is 5.13. The fourth-order valence-electron chi connectivity index (χ4n) is 2.15. The molecule has 1 fully saturated rings. The van der Waals surface area contributed by atoms with E-state index in [-0.39, 0.29) is 17.4 Å². The molecule has 4 heteroatoms. The molecule has 16 heavy (non-hydrogen) atoms. The fraction of sp³-hybridized carbons (Fsp3) is 0.917. The Hall–Kier alpha value is -0.610. The summed E-state index contributed by atoms with van der Waals surface area (Å²) in [6.45, 7) is 2.82. The van der Waals surface area contributed by atoms with E-state index in [4.69, 9.17) is 11.5 Å². The van der Waals surface area contributed by atoms with Crippen molar-refractivity contribution < 1.29 is 4.79 Å². The van der Waals surface area contributed by atoms with Crippen molar-refractivity contribution in [1.82, 2.24) is 5.32 Å². The van der Waals surface area contributed by atoms with Gasteiger partial charge in [-0.15, -0.1) is 0 Å². The van der Waals surface area contributed by atoms with E-state index in [2.05, 4.69) is 5.32 Å². The van der Waals surface area contributed by atoms with Gasteiger partial charge in [0.15, 0.2) is 0 Å². The molecule has 94 valence electrons. The number of hydrogen-bond donors (Lipinski definition) is 3. The fourth-order valence-corrected chi connectivity index (χ4v) is 2.15. The molecule has 1 amide bonds. The van der Waals surface area contributed by atoms with Crippen LogP contribution in [0.4, 0.5) is 0 Å². The molecule has 1 atom stereocenters. The van der Waals surface area contributed by atoms with Gasteiger partial charge in [0.25, 0.3) is 0 Å². The minimum atomic E-state index is -0.194. The first-order valence-electron chi connectivity index (χ1n) is 6.34. The lowest BCUT2D eigenvalue weighted by Crippen LogP contribution is -2.51. The lowest BCUT2D eigenvalue weighted by molar-refractivity contribution is -0.124. The predicted octanol–water partition coefficient (Wildman–Crippen LogP) is 0.749. The summed E-state index contributed by atoms with van der Waals surface area (Å²) < 4.78 is 0. The first-order chi connectivity index (χ1) is 7.57. The average Bonchev–Trinajstić information content (AvgIpc) is 2.50. The summed E-state index contributed by atoms with van der Waals surface area (Å²) in [6, 6.07) is 0. The zero-order valence-electron chi connectivity index (χ0n) is 10.3. The maximum absolute atomic E-state index is 11.6. The molecule has 0 bridgehead atoms. The van der Waals surface area contributed by atoms with Crippen LogP contribution in [0.5, 0.6) is 0 Å². The Bertz CT molecular complexity index is 222. The van der Waals surface area contributed by atoms with E-state index in [1.165, 1.54) is 25.7 Å². The average molecular weight is 227 g/mol. The van der Waals surface area contributed by atoms with Crippen LogP contribution in [0.3, 0.4) is 0 Å². The Morgan fingerprint density at radius 3 is 2.38 bits per heavy atom. The lowest BCUT2D eigenvalue weighted by atomic mass is 9.91. The number of amides is 1. The van der Waals surface area contributed by atoms with Gasteiger partial charge < -0.3 is 16.8 Å². The zero-order valence-corrected chi connectivity index (χ0v) is 10.3. The molecule has 1 rings (SSSR count). The molecular weight excluding hydrogens is 202 g/mol. The third kappa shape index (κ3) is 4.10. The smallest absolute Gasteiger partial charge is 0.224 e. The molecule has 0 radical (unpaired) electrons. The van der Waals surface area contributed by atoms with Crippen molar-refractivity contribution in [1.29, 1.82) is 0 Å². The lowest BCUT2D eigenvalue weighted by Gasteiger charge is -2.28. The van der Waals surface area contributed by atoms with Gasteiger partial charge in [0.1, 0.15) is 0 Å². The van der Waals surface area contributed by atoms with Crippen molar-refractivity contribution in [3.63, 3.8) is 0 Å². The molecule has 5 N–H and O–H groups in total. The molecule has 0 aromatic carbocycles. The number of carbonyl (C=O) groups excluding carboxylic acids is 1. The Labute approximate surface area is 98.1 Å². The summed E-state index contributed by atoms with van der Waals surface area (Å²) in [5, 5.41) is 2.93.